The molecule has 7 nitrogen and oxygen atoms in total. The third-order valence-electron chi connectivity index (χ3n) is 3.78. The number of benzene rings is 2. The van der Waals surface area contributed by atoms with Crippen LogP contribution in [0, 0.1) is 22.0 Å². The fourth-order valence-electron chi connectivity index (χ4n) is 2.31. The van der Waals surface area contributed by atoms with E-state index in [-0.39, 0.29) is 5.69 Å². The number of unbranched alkanes of at least 4 members (excludes halogenated alkanes) is 1. The maximum Gasteiger partial charge on any atom is 0.385 e. The summed E-state index contributed by atoms with van der Waals surface area (Å²) in [6.07, 6.45) is 0.431. The highest BCUT2D eigenvalue weighted by molar-refractivity contribution is 5.92. The lowest BCUT2D eigenvalue weighted by Crippen LogP contribution is -2.32. The average molecular weight is 380 g/mol. The molecule has 0 radical (unpaired) electrons. The summed E-state index contributed by atoms with van der Waals surface area (Å²) in [4.78, 5) is 34.9. The summed E-state index contributed by atoms with van der Waals surface area (Å²) in [6.45, 7) is 2.42. The smallest absolute Gasteiger partial charge is 0.385 e. The molecule has 0 saturated heterocycles. The van der Waals surface area contributed by atoms with Gasteiger partial charge in [0, 0.05) is 35.7 Å². The van der Waals surface area contributed by atoms with Crippen molar-refractivity contribution in [3.8, 4) is 11.8 Å². The van der Waals surface area contributed by atoms with Gasteiger partial charge in [0.05, 0.1) is 4.92 Å². The monoisotopic (exact) mass is 380 g/mol. The van der Waals surface area contributed by atoms with Gasteiger partial charge < -0.3 is 10.1 Å². The highest BCUT2D eigenvalue weighted by atomic mass is 16.6. The molecule has 0 aliphatic heterocycles. The number of amides is 1. The third-order valence-corrected chi connectivity index (χ3v) is 3.78. The molecule has 0 heterocycles. The van der Waals surface area contributed by atoms with Gasteiger partial charge in [0.1, 0.15) is 0 Å². The van der Waals surface area contributed by atoms with Crippen LogP contribution in [0.2, 0.25) is 0 Å². The van der Waals surface area contributed by atoms with E-state index in [0.29, 0.717) is 17.7 Å². The van der Waals surface area contributed by atoms with Crippen molar-refractivity contribution >= 4 is 17.6 Å². The van der Waals surface area contributed by atoms with Crippen molar-refractivity contribution in [1.29, 1.82) is 0 Å². The summed E-state index contributed by atoms with van der Waals surface area (Å²) in [5.41, 5.74) is 0.845. The van der Waals surface area contributed by atoms with Crippen molar-refractivity contribution in [2.45, 2.75) is 25.9 Å². The van der Waals surface area contributed by atoms with Crippen molar-refractivity contribution in [2.75, 3.05) is 6.54 Å². The number of nitrogens with one attached hydrogen (secondary N) is 1. The molecule has 2 aromatic rings. The molecule has 0 aromatic heterocycles. The first kappa shape index (κ1) is 20.6. The maximum absolute atomic E-state index is 12.5. The summed E-state index contributed by atoms with van der Waals surface area (Å²) < 4.78 is 5.26. The van der Waals surface area contributed by atoms with Crippen molar-refractivity contribution in [2.24, 2.45) is 0 Å². The van der Waals surface area contributed by atoms with Gasteiger partial charge in [-0.15, -0.1) is 0 Å². The Labute approximate surface area is 162 Å². The highest BCUT2D eigenvalue weighted by Crippen LogP contribution is 2.21. The number of nitrogens with zero attached hydrogens (tertiary/aromatic N) is 1. The second-order valence-electron chi connectivity index (χ2n) is 5.89. The van der Waals surface area contributed by atoms with Crippen LogP contribution < -0.4 is 5.32 Å². The van der Waals surface area contributed by atoms with Crippen LogP contribution in [0.25, 0.3) is 0 Å². The molecule has 0 bridgehead atoms. The van der Waals surface area contributed by atoms with Gasteiger partial charge in [0.2, 0.25) is 6.10 Å². The predicted octanol–water partition coefficient (Wildman–Crippen LogP) is 3.15. The van der Waals surface area contributed by atoms with Crippen LogP contribution in [0.3, 0.4) is 0 Å². The first-order chi connectivity index (χ1) is 13.5. The number of hydrogen-bond donors (Lipinski definition) is 1. The fraction of sp³-hybridized carbons (Fsp3) is 0.238. The quantitative estimate of drug-likeness (QED) is 0.262. The standard InChI is InChI=1S/C21H20N2O5/c1-2-3-15-22-21(25)20(17-10-12-18(13-11-17)23(26)27)28-19(24)14-9-16-7-5-4-6-8-16/h4-8,10-13,20H,2-3,15H2,1H3,(H,22,25). The van der Waals surface area contributed by atoms with Gasteiger partial charge in [-0.25, -0.2) is 4.79 Å². The second-order valence-corrected chi connectivity index (χ2v) is 5.89. The minimum absolute atomic E-state index is 0.121. The van der Waals surface area contributed by atoms with E-state index in [1.165, 1.54) is 24.3 Å². The van der Waals surface area contributed by atoms with Crippen LogP contribution in [0.1, 0.15) is 37.0 Å². The Morgan fingerprint density at radius 3 is 2.43 bits per heavy atom. The molecule has 1 amide bonds. The number of nitro groups is 1. The number of carbonyl (C=O) groups is 2. The highest BCUT2D eigenvalue weighted by Gasteiger charge is 2.25. The summed E-state index contributed by atoms with van der Waals surface area (Å²) in [5, 5.41) is 13.5. The zero-order valence-corrected chi connectivity index (χ0v) is 15.4. The number of non-ortho nitro benzene ring substituents is 1. The molecule has 0 saturated carbocycles. The Hall–Kier alpha value is -3.66. The lowest BCUT2D eigenvalue weighted by atomic mass is 10.1. The molecule has 28 heavy (non-hydrogen) atoms. The van der Waals surface area contributed by atoms with Crippen LogP contribution >= 0.6 is 0 Å². The molecule has 7 heteroatoms. The molecule has 0 aliphatic rings. The number of hydrogen-bond acceptors (Lipinski definition) is 5. The van der Waals surface area contributed by atoms with Crippen LogP contribution in [-0.2, 0) is 14.3 Å². The summed E-state index contributed by atoms with van der Waals surface area (Å²) in [6, 6.07) is 14.2. The topological polar surface area (TPSA) is 98.5 Å². The number of esters is 1. The molecule has 1 unspecified atom stereocenters. The van der Waals surface area contributed by atoms with Gasteiger partial charge in [-0.1, -0.05) is 37.5 Å². The van der Waals surface area contributed by atoms with Crippen LogP contribution in [0.5, 0.6) is 0 Å². The Morgan fingerprint density at radius 1 is 1.14 bits per heavy atom. The number of nitro benzene ring substituents is 1. The fourth-order valence-corrected chi connectivity index (χ4v) is 2.31. The SMILES string of the molecule is CCCCNC(=O)C(OC(=O)C#Cc1ccccc1)c1ccc([N+](=O)[O-])cc1. The molecular formula is C21H20N2O5. The van der Waals surface area contributed by atoms with Crippen molar-refractivity contribution < 1.29 is 19.2 Å². The molecule has 0 aliphatic carbocycles. The minimum Gasteiger partial charge on any atom is -0.438 e. The molecule has 0 fully saturated rings. The molecule has 1 atom stereocenters. The Balaban J connectivity index is 2.17. The van der Waals surface area contributed by atoms with E-state index >= 15 is 0 Å². The van der Waals surface area contributed by atoms with E-state index in [1.807, 2.05) is 13.0 Å². The maximum atomic E-state index is 12.5. The van der Waals surface area contributed by atoms with E-state index in [0.717, 1.165) is 12.8 Å². The number of rotatable bonds is 7. The van der Waals surface area contributed by atoms with Crippen LogP contribution in [-0.4, -0.2) is 23.3 Å². The molecule has 0 spiro atoms. The Morgan fingerprint density at radius 2 is 1.82 bits per heavy atom. The van der Waals surface area contributed by atoms with Crippen molar-refractivity contribution in [3.05, 3.63) is 75.8 Å². The lowest BCUT2D eigenvalue weighted by molar-refractivity contribution is -0.384. The molecule has 1 N–H and O–H groups in total. The third kappa shape index (κ3) is 6.25. The average Bonchev–Trinajstić information content (AvgIpc) is 2.71. The van der Waals surface area contributed by atoms with E-state index in [4.69, 9.17) is 4.74 Å². The van der Waals surface area contributed by atoms with E-state index in [2.05, 4.69) is 17.2 Å². The Kier molecular flexibility index (Phi) is 7.73. The molecule has 2 aromatic carbocycles. The van der Waals surface area contributed by atoms with E-state index in [1.54, 1.807) is 24.3 Å². The molecular weight excluding hydrogens is 360 g/mol. The first-order valence-electron chi connectivity index (χ1n) is 8.81. The van der Waals surface area contributed by atoms with Gasteiger partial charge >= 0.3 is 5.97 Å². The zero-order chi connectivity index (χ0) is 20.4. The molecule has 144 valence electrons. The Bertz CT molecular complexity index is 883. The lowest BCUT2D eigenvalue weighted by Gasteiger charge is -2.16. The normalized spacial score (nSPS) is 10.9. The van der Waals surface area contributed by atoms with E-state index in [9.17, 15) is 19.7 Å². The first-order valence-corrected chi connectivity index (χ1v) is 8.81. The predicted molar refractivity (Wildman–Crippen MR) is 103 cm³/mol. The number of ether oxygens (including phenoxy) is 1. The van der Waals surface area contributed by atoms with Crippen LogP contribution in [0.15, 0.2) is 54.6 Å². The number of carbonyl (C=O) groups excluding carboxylic acids is 2. The second kappa shape index (κ2) is 10.5. The minimum atomic E-state index is -1.24. The largest absolute Gasteiger partial charge is 0.438 e. The van der Waals surface area contributed by atoms with Crippen molar-refractivity contribution in [1.82, 2.24) is 5.32 Å². The van der Waals surface area contributed by atoms with Gasteiger partial charge in [-0.2, -0.15) is 0 Å². The summed E-state index contributed by atoms with van der Waals surface area (Å²) >= 11 is 0. The zero-order valence-electron chi connectivity index (χ0n) is 15.4. The summed E-state index contributed by atoms with van der Waals surface area (Å²) in [5.74, 6) is 3.66. The van der Waals surface area contributed by atoms with Crippen molar-refractivity contribution in [3.63, 3.8) is 0 Å². The summed E-state index contributed by atoms with van der Waals surface area (Å²) in [7, 11) is 0. The van der Waals surface area contributed by atoms with Gasteiger partial charge in [0.15, 0.2) is 0 Å². The van der Waals surface area contributed by atoms with Gasteiger partial charge in [0.25, 0.3) is 11.6 Å². The molecule has 2 rings (SSSR count). The van der Waals surface area contributed by atoms with Crippen LogP contribution in [0.4, 0.5) is 5.69 Å². The van der Waals surface area contributed by atoms with E-state index < -0.39 is 22.9 Å². The van der Waals surface area contributed by atoms with Gasteiger partial charge in [-0.05, 0) is 30.7 Å². The van der Waals surface area contributed by atoms with Gasteiger partial charge in [-0.3, -0.25) is 14.9 Å².